The molecule has 2 aromatic heterocycles. The van der Waals surface area contributed by atoms with Gasteiger partial charge in [-0.1, -0.05) is 0 Å². The normalized spacial score (nSPS) is 15.9. The fourth-order valence-corrected chi connectivity index (χ4v) is 2.94. The van der Waals surface area contributed by atoms with Crippen LogP contribution in [0.5, 0.6) is 0 Å². The standard InChI is InChI=1S/C16H20N4O4.ClH/c1-23-14(21)13-4-3-12(24-13)11-18-15(22)16(5-8-17-9-6-16)20-10-2-7-19-20;/h2-4,7,10,17H,5-6,8-9,11H2,1H3,(H,18,22);1H. The molecule has 0 atom stereocenters. The van der Waals surface area contributed by atoms with E-state index in [0.29, 0.717) is 18.6 Å². The third-order valence-electron chi connectivity index (χ3n) is 4.27. The third kappa shape index (κ3) is 3.85. The smallest absolute Gasteiger partial charge is 0.373 e. The van der Waals surface area contributed by atoms with Crippen LogP contribution in [0.15, 0.2) is 35.0 Å². The van der Waals surface area contributed by atoms with Gasteiger partial charge in [-0.05, 0) is 44.1 Å². The van der Waals surface area contributed by atoms with E-state index in [4.69, 9.17) is 4.42 Å². The fourth-order valence-electron chi connectivity index (χ4n) is 2.94. The molecule has 1 aliphatic rings. The average molecular weight is 369 g/mol. The molecule has 2 aromatic rings. The third-order valence-corrected chi connectivity index (χ3v) is 4.27. The lowest BCUT2D eigenvalue weighted by Crippen LogP contribution is -2.54. The summed E-state index contributed by atoms with van der Waals surface area (Å²) in [5, 5.41) is 10.4. The number of furan rings is 1. The van der Waals surface area contributed by atoms with E-state index < -0.39 is 11.5 Å². The number of hydrogen-bond acceptors (Lipinski definition) is 6. The molecule has 0 bridgehead atoms. The molecule has 0 unspecified atom stereocenters. The first-order chi connectivity index (χ1) is 11.7. The van der Waals surface area contributed by atoms with Crippen LogP contribution >= 0.6 is 12.4 Å². The molecule has 1 fully saturated rings. The molecule has 0 spiro atoms. The first-order valence-electron chi connectivity index (χ1n) is 7.82. The first kappa shape index (κ1) is 19.0. The van der Waals surface area contributed by atoms with Gasteiger partial charge in [0.15, 0.2) is 0 Å². The van der Waals surface area contributed by atoms with Crippen LogP contribution in [0.4, 0.5) is 0 Å². The zero-order valence-corrected chi connectivity index (χ0v) is 14.7. The summed E-state index contributed by atoms with van der Waals surface area (Å²) in [6.07, 6.45) is 4.80. The van der Waals surface area contributed by atoms with Gasteiger partial charge in [-0.2, -0.15) is 5.10 Å². The van der Waals surface area contributed by atoms with E-state index in [1.165, 1.54) is 13.2 Å². The Morgan fingerprint density at radius 2 is 2.16 bits per heavy atom. The predicted octanol–water partition coefficient (Wildman–Crippen LogP) is 1.08. The average Bonchev–Trinajstić information content (AvgIpc) is 3.31. The van der Waals surface area contributed by atoms with Crippen LogP contribution in [0.1, 0.15) is 29.2 Å². The molecule has 25 heavy (non-hydrogen) atoms. The number of halogens is 1. The maximum absolute atomic E-state index is 12.9. The minimum Gasteiger partial charge on any atom is -0.463 e. The predicted molar refractivity (Wildman–Crippen MR) is 91.4 cm³/mol. The first-order valence-corrected chi connectivity index (χ1v) is 7.82. The lowest BCUT2D eigenvalue weighted by Gasteiger charge is -2.36. The number of piperidine rings is 1. The number of aromatic nitrogens is 2. The summed E-state index contributed by atoms with van der Waals surface area (Å²) >= 11 is 0. The number of esters is 1. The Balaban J connectivity index is 0.00000225. The number of ether oxygens (including phenoxy) is 1. The lowest BCUT2D eigenvalue weighted by molar-refractivity contribution is -0.132. The van der Waals surface area contributed by atoms with Crippen LogP contribution in [0.3, 0.4) is 0 Å². The summed E-state index contributed by atoms with van der Waals surface area (Å²) in [5.74, 6) is -0.0404. The van der Waals surface area contributed by atoms with E-state index >= 15 is 0 Å². The largest absolute Gasteiger partial charge is 0.463 e. The summed E-state index contributed by atoms with van der Waals surface area (Å²) in [7, 11) is 1.29. The molecule has 1 amide bonds. The molecule has 1 saturated heterocycles. The Kier molecular flexibility index (Phi) is 6.22. The van der Waals surface area contributed by atoms with Crippen LogP contribution < -0.4 is 10.6 Å². The number of carbonyl (C=O) groups excluding carboxylic acids is 2. The van der Waals surface area contributed by atoms with E-state index in [1.807, 2.05) is 12.3 Å². The number of nitrogens with zero attached hydrogens (tertiary/aromatic N) is 2. The van der Waals surface area contributed by atoms with Gasteiger partial charge in [0.25, 0.3) is 0 Å². The Hall–Kier alpha value is -2.32. The summed E-state index contributed by atoms with van der Waals surface area (Å²) in [6.45, 7) is 1.70. The molecule has 3 rings (SSSR count). The second-order valence-electron chi connectivity index (χ2n) is 5.67. The van der Waals surface area contributed by atoms with E-state index in [1.54, 1.807) is 16.9 Å². The topological polar surface area (TPSA) is 98.4 Å². The molecule has 8 nitrogen and oxygen atoms in total. The number of hydrogen-bond donors (Lipinski definition) is 2. The maximum Gasteiger partial charge on any atom is 0.373 e. The number of rotatable bonds is 5. The van der Waals surface area contributed by atoms with Crippen LogP contribution in [0, 0.1) is 0 Å². The molecule has 9 heteroatoms. The van der Waals surface area contributed by atoms with E-state index in [9.17, 15) is 9.59 Å². The van der Waals surface area contributed by atoms with E-state index in [2.05, 4.69) is 20.5 Å². The van der Waals surface area contributed by atoms with Crippen molar-refractivity contribution in [1.82, 2.24) is 20.4 Å². The highest BCUT2D eigenvalue weighted by atomic mass is 35.5. The van der Waals surface area contributed by atoms with Gasteiger partial charge in [0.05, 0.1) is 13.7 Å². The Morgan fingerprint density at radius 1 is 1.40 bits per heavy atom. The molecule has 2 N–H and O–H groups in total. The zero-order chi connectivity index (χ0) is 17.0. The number of methoxy groups -OCH3 is 1. The van der Waals surface area contributed by atoms with E-state index in [-0.39, 0.29) is 30.6 Å². The van der Waals surface area contributed by atoms with Crippen LogP contribution in [-0.4, -0.2) is 41.9 Å². The molecule has 0 aromatic carbocycles. The van der Waals surface area contributed by atoms with Crippen molar-refractivity contribution in [1.29, 1.82) is 0 Å². The van der Waals surface area contributed by atoms with Crippen molar-refractivity contribution < 1.29 is 18.7 Å². The highest BCUT2D eigenvalue weighted by Gasteiger charge is 2.41. The number of carbonyl (C=O) groups is 2. The van der Waals surface area contributed by atoms with Gasteiger partial charge in [0.2, 0.25) is 11.7 Å². The van der Waals surface area contributed by atoms with Crippen LogP contribution in [0.25, 0.3) is 0 Å². The van der Waals surface area contributed by atoms with Gasteiger partial charge in [0, 0.05) is 12.4 Å². The minimum absolute atomic E-state index is 0. The molecular formula is C16H21ClN4O4. The lowest BCUT2D eigenvalue weighted by atomic mass is 9.87. The van der Waals surface area contributed by atoms with Crippen molar-refractivity contribution in [2.75, 3.05) is 20.2 Å². The van der Waals surface area contributed by atoms with Gasteiger partial charge in [-0.3, -0.25) is 9.48 Å². The summed E-state index contributed by atoms with van der Waals surface area (Å²) in [5.41, 5.74) is -0.702. The monoisotopic (exact) mass is 368 g/mol. The molecule has 0 aliphatic carbocycles. The van der Waals surface area contributed by atoms with Crippen molar-refractivity contribution in [3.8, 4) is 0 Å². The molecule has 136 valence electrons. The van der Waals surface area contributed by atoms with E-state index in [0.717, 1.165) is 13.1 Å². The highest BCUT2D eigenvalue weighted by molar-refractivity contribution is 5.86. The quantitative estimate of drug-likeness (QED) is 0.766. The summed E-state index contributed by atoms with van der Waals surface area (Å²) in [6, 6.07) is 4.99. The summed E-state index contributed by atoms with van der Waals surface area (Å²) < 4.78 is 11.7. The van der Waals surface area contributed by atoms with Gasteiger partial charge in [-0.25, -0.2) is 4.79 Å². The van der Waals surface area contributed by atoms with Gasteiger partial charge < -0.3 is 19.8 Å². The Bertz CT molecular complexity index is 708. The molecule has 3 heterocycles. The number of nitrogens with one attached hydrogen (secondary N) is 2. The van der Waals surface area contributed by atoms with Crippen molar-refractivity contribution in [2.45, 2.75) is 24.9 Å². The van der Waals surface area contributed by atoms with Gasteiger partial charge in [-0.15, -0.1) is 12.4 Å². The van der Waals surface area contributed by atoms with Gasteiger partial charge in [0.1, 0.15) is 11.3 Å². The van der Waals surface area contributed by atoms with Crippen molar-refractivity contribution >= 4 is 24.3 Å². The number of amides is 1. The SMILES string of the molecule is COC(=O)c1ccc(CNC(=O)C2(n3cccn3)CCNCC2)o1.Cl. The van der Waals surface area contributed by atoms with Crippen LogP contribution in [-0.2, 0) is 21.6 Å². The Morgan fingerprint density at radius 3 is 2.80 bits per heavy atom. The van der Waals surface area contributed by atoms with Crippen molar-refractivity contribution in [3.63, 3.8) is 0 Å². The second kappa shape index (κ2) is 8.17. The summed E-state index contributed by atoms with van der Waals surface area (Å²) in [4.78, 5) is 24.3. The maximum atomic E-state index is 12.9. The van der Waals surface area contributed by atoms with Crippen molar-refractivity contribution in [2.24, 2.45) is 0 Å². The zero-order valence-electron chi connectivity index (χ0n) is 13.9. The van der Waals surface area contributed by atoms with Crippen molar-refractivity contribution in [3.05, 3.63) is 42.1 Å². The van der Waals surface area contributed by atoms with Crippen LogP contribution in [0.2, 0.25) is 0 Å². The Labute approximate surface area is 151 Å². The molecular weight excluding hydrogens is 348 g/mol. The second-order valence-corrected chi connectivity index (χ2v) is 5.67. The molecule has 0 radical (unpaired) electrons. The molecule has 0 saturated carbocycles. The highest BCUT2D eigenvalue weighted by Crippen LogP contribution is 2.27. The minimum atomic E-state index is -0.702. The van der Waals surface area contributed by atoms with Gasteiger partial charge >= 0.3 is 5.97 Å². The fraction of sp³-hybridized carbons (Fsp3) is 0.438. The molecule has 1 aliphatic heterocycles.